The van der Waals surface area contributed by atoms with E-state index in [0.29, 0.717) is 33.4 Å². The second kappa shape index (κ2) is 9.94. The molecule has 0 radical (unpaired) electrons. The van der Waals surface area contributed by atoms with Gasteiger partial charge in [-0.25, -0.2) is 15.0 Å². The maximum Gasteiger partial charge on any atom is 0.316 e. The molecule has 0 aliphatic rings. The summed E-state index contributed by atoms with van der Waals surface area (Å²) < 4.78 is 17.9. The van der Waals surface area contributed by atoms with Crippen molar-refractivity contribution in [1.82, 2.24) is 15.0 Å². The zero-order valence-electron chi connectivity index (χ0n) is 20.5. The summed E-state index contributed by atoms with van der Waals surface area (Å²) in [7, 11) is 0. The molecule has 9 nitrogen and oxygen atoms in total. The van der Waals surface area contributed by atoms with E-state index in [-0.39, 0.29) is 34.1 Å². The molecule has 4 rings (SSSR count). The third-order valence-corrected chi connectivity index (χ3v) is 5.63. The molecule has 0 fully saturated rings. The predicted octanol–water partition coefficient (Wildman–Crippen LogP) is 4.94. The molecule has 1 aromatic carbocycles. The average Bonchev–Trinajstić information content (AvgIpc) is 2.82. The lowest BCUT2D eigenvalue weighted by molar-refractivity contribution is 0.0988. The van der Waals surface area contributed by atoms with Crippen LogP contribution < -0.4 is 20.6 Å². The number of carbonyl (C=O) groups is 1. The zero-order valence-corrected chi connectivity index (χ0v) is 21.2. The number of pyridine rings is 1. The molecule has 4 aromatic rings. The number of benzene rings is 1. The van der Waals surface area contributed by atoms with E-state index in [1.165, 1.54) is 12.1 Å². The van der Waals surface area contributed by atoms with Gasteiger partial charge in [-0.3, -0.25) is 9.59 Å². The Bertz CT molecular complexity index is 1520. The second-order valence-corrected chi connectivity index (χ2v) is 9.03. The van der Waals surface area contributed by atoms with Crippen LogP contribution in [0.3, 0.4) is 0 Å². The van der Waals surface area contributed by atoms with E-state index in [1.807, 2.05) is 26.8 Å². The first kappa shape index (κ1) is 25.1. The number of rotatable bonds is 7. The van der Waals surface area contributed by atoms with Gasteiger partial charge in [0.05, 0.1) is 17.1 Å². The van der Waals surface area contributed by atoms with Crippen LogP contribution in [-0.4, -0.2) is 27.0 Å². The maximum atomic E-state index is 13.3. The highest BCUT2D eigenvalue weighted by atomic mass is 35.5. The molecular formula is C26H25ClN4O5. The normalized spacial score (nSPS) is 12.1. The summed E-state index contributed by atoms with van der Waals surface area (Å²) in [5.74, 6) is -0.270. The van der Waals surface area contributed by atoms with Crippen LogP contribution >= 0.6 is 11.6 Å². The van der Waals surface area contributed by atoms with Crippen LogP contribution in [-0.2, 0) is 0 Å². The highest BCUT2D eigenvalue weighted by molar-refractivity contribution is 6.29. The van der Waals surface area contributed by atoms with Crippen LogP contribution in [0.2, 0.25) is 5.15 Å². The van der Waals surface area contributed by atoms with Crippen LogP contribution in [0.1, 0.15) is 54.1 Å². The topological polar surface area (TPSA) is 130 Å². The molecule has 0 spiro atoms. The van der Waals surface area contributed by atoms with Crippen molar-refractivity contribution in [2.75, 3.05) is 0 Å². The Morgan fingerprint density at radius 3 is 2.42 bits per heavy atom. The molecule has 2 N–H and O–H groups in total. The van der Waals surface area contributed by atoms with Gasteiger partial charge in [0.2, 0.25) is 0 Å². The summed E-state index contributed by atoms with van der Waals surface area (Å²) in [6.45, 7) is 9.10. The number of amides is 1. The Labute approximate surface area is 212 Å². The van der Waals surface area contributed by atoms with Crippen molar-refractivity contribution < 1.29 is 18.7 Å². The summed E-state index contributed by atoms with van der Waals surface area (Å²) in [6.07, 6.45) is 2.39. The minimum Gasteiger partial charge on any atom is -0.483 e. The lowest BCUT2D eigenvalue weighted by Crippen LogP contribution is -2.17. The minimum atomic E-state index is -0.775. The van der Waals surface area contributed by atoms with Gasteiger partial charge in [-0.2, -0.15) is 0 Å². The van der Waals surface area contributed by atoms with Gasteiger partial charge in [0.15, 0.2) is 16.9 Å². The largest absolute Gasteiger partial charge is 0.483 e. The number of fused-ring (bicyclic) bond motifs is 1. The van der Waals surface area contributed by atoms with Crippen LogP contribution in [0, 0.1) is 13.8 Å². The minimum absolute atomic E-state index is 0.0746. The first-order valence-corrected chi connectivity index (χ1v) is 11.6. The molecule has 1 unspecified atom stereocenters. The van der Waals surface area contributed by atoms with E-state index in [9.17, 15) is 9.59 Å². The summed E-state index contributed by atoms with van der Waals surface area (Å²) >= 11 is 5.91. The Kier molecular flexibility index (Phi) is 6.94. The zero-order chi connectivity index (χ0) is 26.1. The number of nitrogens with zero attached hydrogens (tertiary/aromatic N) is 3. The molecule has 3 aromatic heterocycles. The number of primary amides is 1. The monoisotopic (exact) mass is 508 g/mol. The molecule has 0 saturated carbocycles. The first-order valence-electron chi connectivity index (χ1n) is 11.2. The predicted molar refractivity (Wildman–Crippen MR) is 136 cm³/mol. The second-order valence-electron chi connectivity index (χ2n) is 8.64. The Balaban J connectivity index is 1.82. The Hall–Kier alpha value is -3.98. The average molecular weight is 509 g/mol. The molecule has 0 bridgehead atoms. The summed E-state index contributed by atoms with van der Waals surface area (Å²) in [6, 6.07) is 6.88. The van der Waals surface area contributed by atoms with Gasteiger partial charge in [0.1, 0.15) is 22.6 Å². The van der Waals surface area contributed by atoms with Gasteiger partial charge < -0.3 is 19.6 Å². The van der Waals surface area contributed by atoms with Crippen molar-refractivity contribution in [2.45, 2.75) is 46.8 Å². The fourth-order valence-electron chi connectivity index (χ4n) is 3.80. The van der Waals surface area contributed by atoms with Crippen LogP contribution in [0.4, 0.5) is 0 Å². The third kappa shape index (κ3) is 5.01. The van der Waals surface area contributed by atoms with Crippen molar-refractivity contribution in [1.29, 1.82) is 0 Å². The van der Waals surface area contributed by atoms with Crippen LogP contribution in [0.25, 0.3) is 22.3 Å². The van der Waals surface area contributed by atoms with Crippen LogP contribution in [0.15, 0.2) is 45.9 Å². The standard InChI is InChI=1S/C26H25ClN4O5/c1-12(2)34-26-29-10-16(11-30-26)23-14(4)22(32)18-9-13(3)8-17(24(18)36-23)15(5)35-19-6-7-20(27)31-21(19)25(28)33/h6-12,15H,1-5H3,(H2,28,33). The fourth-order valence-corrected chi connectivity index (χ4v) is 3.95. The van der Waals surface area contributed by atoms with E-state index in [1.54, 1.807) is 32.3 Å². The van der Waals surface area contributed by atoms with E-state index >= 15 is 0 Å². The first-order chi connectivity index (χ1) is 17.0. The highest BCUT2D eigenvalue weighted by Crippen LogP contribution is 2.33. The fraction of sp³-hybridized carbons (Fsp3) is 0.269. The molecule has 3 heterocycles. The van der Waals surface area contributed by atoms with Gasteiger partial charge in [-0.05, 0) is 64.4 Å². The van der Waals surface area contributed by atoms with E-state index in [0.717, 1.165) is 5.56 Å². The molecule has 0 saturated heterocycles. The van der Waals surface area contributed by atoms with Gasteiger partial charge >= 0.3 is 6.01 Å². The number of halogens is 1. The quantitative estimate of drug-likeness (QED) is 0.347. The van der Waals surface area contributed by atoms with Crippen molar-refractivity contribution in [3.63, 3.8) is 0 Å². The van der Waals surface area contributed by atoms with Gasteiger partial charge in [0, 0.05) is 23.5 Å². The van der Waals surface area contributed by atoms with E-state index in [4.69, 9.17) is 31.2 Å². The van der Waals surface area contributed by atoms with E-state index in [2.05, 4.69) is 15.0 Å². The molecule has 0 aliphatic heterocycles. The summed E-state index contributed by atoms with van der Waals surface area (Å²) in [5.41, 5.74) is 7.92. The van der Waals surface area contributed by atoms with Crippen molar-refractivity contribution in [3.8, 4) is 23.1 Å². The third-order valence-electron chi connectivity index (χ3n) is 5.42. The van der Waals surface area contributed by atoms with Gasteiger partial charge in [-0.1, -0.05) is 11.6 Å². The molecular weight excluding hydrogens is 484 g/mol. The number of aryl methyl sites for hydroxylation is 1. The SMILES string of the molecule is Cc1cc(C(C)Oc2ccc(Cl)nc2C(N)=O)c2oc(-c3cnc(OC(C)C)nc3)c(C)c(=O)c2c1. The van der Waals surface area contributed by atoms with Crippen molar-refractivity contribution in [2.24, 2.45) is 5.73 Å². The lowest BCUT2D eigenvalue weighted by atomic mass is 10.0. The molecule has 1 atom stereocenters. The number of ether oxygens (including phenoxy) is 2. The smallest absolute Gasteiger partial charge is 0.316 e. The van der Waals surface area contributed by atoms with Gasteiger partial charge in [0.25, 0.3) is 5.91 Å². The highest BCUT2D eigenvalue weighted by Gasteiger charge is 2.22. The molecule has 0 aliphatic carbocycles. The maximum absolute atomic E-state index is 13.3. The Morgan fingerprint density at radius 1 is 1.08 bits per heavy atom. The number of aromatic nitrogens is 3. The van der Waals surface area contributed by atoms with Crippen molar-refractivity contribution in [3.05, 3.63) is 74.4 Å². The number of hydrogen-bond donors (Lipinski definition) is 1. The summed E-state index contributed by atoms with van der Waals surface area (Å²) in [5, 5.41) is 0.523. The Morgan fingerprint density at radius 2 is 1.78 bits per heavy atom. The lowest BCUT2D eigenvalue weighted by Gasteiger charge is -2.19. The molecule has 1 amide bonds. The number of hydrogen-bond acceptors (Lipinski definition) is 8. The number of nitrogens with two attached hydrogens (primary N) is 1. The summed E-state index contributed by atoms with van der Waals surface area (Å²) in [4.78, 5) is 37.6. The number of carbonyl (C=O) groups excluding carboxylic acids is 1. The van der Waals surface area contributed by atoms with Gasteiger partial charge in [-0.15, -0.1) is 0 Å². The van der Waals surface area contributed by atoms with E-state index < -0.39 is 12.0 Å². The molecule has 36 heavy (non-hydrogen) atoms. The molecule has 186 valence electrons. The van der Waals surface area contributed by atoms with Crippen molar-refractivity contribution >= 4 is 28.5 Å². The molecule has 10 heteroatoms. The van der Waals surface area contributed by atoms with Crippen LogP contribution in [0.5, 0.6) is 11.8 Å².